The van der Waals surface area contributed by atoms with Crippen molar-refractivity contribution in [3.8, 4) is 0 Å². The molecule has 1 N–H and O–H groups in total. The van der Waals surface area contributed by atoms with E-state index in [-0.39, 0.29) is 18.3 Å². The molecule has 2 aliphatic rings. The second kappa shape index (κ2) is 14.3. The molecule has 4 rings (SSSR count). The lowest BCUT2D eigenvalue weighted by atomic mass is 9.72. The predicted octanol–water partition coefficient (Wildman–Crippen LogP) is 4.41. The average Bonchev–Trinajstić information content (AvgIpc) is 3.03. The van der Waals surface area contributed by atoms with Crippen LogP contribution >= 0.6 is 0 Å². The normalized spacial score (nSPS) is 18.3. The molecule has 0 radical (unpaired) electrons. The fourth-order valence-corrected chi connectivity index (χ4v) is 6.37. The lowest BCUT2D eigenvalue weighted by molar-refractivity contribution is -0.384. The summed E-state index contributed by atoms with van der Waals surface area (Å²) in [6.45, 7) is 8.01. The van der Waals surface area contributed by atoms with Gasteiger partial charge in [-0.15, -0.1) is 0 Å². The Morgan fingerprint density at radius 1 is 1.09 bits per heavy atom. The number of nitrogens with one attached hydrogen (secondary N) is 1. The molecule has 1 saturated heterocycles. The minimum Gasteiger partial charge on any atom is -0.468 e. The SMILES string of the molecule is CCOC(=O)C1=C(C)NC(C)=C(N(C=O)CCCN2CCC(C(=O)OC)(c3ccccc3)CC2)C1c1ccc([N+](=O)[O-])cc1. The van der Waals surface area contributed by atoms with E-state index in [0.717, 1.165) is 12.0 Å². The van der Waals surface area contributed by atoms with Crippen LogP contribution in [0, 0.1) is 10.1 Å². The lowest BCUT2D eigenvalue weighted by Crippen LogP contribution is -2.48. The molecule has 1 amide bonds. The standard InChI is InChI=1S/C33H40N4O7/c1-5-44-31(39)28-23(2)34-24(3)30(29(28)25-12-14-27(15-13-25)37(41)42)36(22-38)19-9-18-35-20-16-33(17-21-35,32(40)43-4)26-10-7-6-8-11-26/h6-8,10-15,22,29,34H,5,9,16-21H2,1-4H3. The van der Waals surface area contributed by atoms with Crippen molar-refractivity contribution < 1.29 is 28.8 Å². The Hall–Kier alpha value is -4.51. The molecular weight excluding hydrogens is 564 g/mol. The van der Waals surface area contributed by atoms with Crippen LogP contribution < -0.4 is 5.32 Å². The number of benzene rings is 2. The van der Waals surface area contributed by atoms with Crippen molar-refractivity contribution in [1.29, 1.82) is 0 Å². The van der Waals surface area contributed by atoms with E-state index in [0.29, 0.717) is 73.7 Å². The number of piperidine rings is 1. The van der Waals surface area contributed by atoms with Gasteiger partial charge in [0.15, 0.2) is 0 Å². The molecule has 44 heavy (non-hydrogen) atoms. The second-order valence-electron chi connectivity index (χ2n) is 11.1. The van der Waals surface area contributed by atoms with Crippen LogP contribution in [0.4, 0.5) is 5.69 Å². The maximum atomic E-state index is 13.2. The van der Waals surface area contributed by atoms with Crippen LogP contribution in [0.2, 0.25) is 0 Å². The maximum Gasteiger partial charge on any atom is 0.336 e. The molecule has 0 spiro atoms. The summed E-state index contributed by atoms with van der Waals surface area (Å²) < 4.78 is 10.6. The highest BCUT2D eigenvalue weighted by molar-refractivity contribution is 5.92. The van der Waals surface area contributed by atoms with Crippen molar-refractivity contribution in [2.24, 2.45) is 0 Å². The Morgan fingerprint density at radius 3 is 2.32 bits per heavy atom. The summed E-state index contributed by atoms with van der Waals surface area (Å²) in [6, 6.07) is 15.8. The third-order valence-corrected chi connectivity index (χ3v) is 8.58. The van der Waals surface area contributed by atoms with Gasteiger partial charge < -0.3 is 24.6 Å². The van der Waals surface area contributed by atoms with Crippen LogP contribution in [0.15, 0.2) is 77.3 Å². The number of hydrogen-bond donors (Lipinski definition) is 1. The van der Waals surface area contributed by atoms with Gasteiger partial charge in [0.05, 0.1) is 41.2 Å². The molecule has 11 heteroatoms. The predicted molar refractivity (Wildman–Crippen MR) is 164 cm³/mol. The van der Waals surface area contributed by atoms with Gasteiger partial charge in [0, 0.05) is 30.1 Å². The molecule has 0 bridgehead atoms. The maximum absolute atomic E-state index is 13.2. The molecule has 2 aliphatic heterocycles. The molecule has 0 aliphatic carbocycles. The number of nitro benzene ring substituents is 1. The zero-order valence-electron chi connectivity index (χ0n) is 25.7. The highest BCUT2D eigenvalue weighted by Crippen LogP contribution is 2.41. The lowest BCUT2D eigenvalue weighted by Gasteiger charge is -2.40. The number of carbonyl (C=O) groups excluding carboxylic acids is 3. The first-order valence-corrected chi connectivity index (χ1v) is 14.8. The minimum atomic E-state index is -0.678. The number of hydrogen-bond acceptors (Lipinski definition) is 9. The van der Waals surface area contributed by atoms with Crippen LogP contribution in [0.5, 0.6) is 0 Å². The third kappa shape index (κ3) is 6.67. The van der Waals surface area contributed by atoms with Crippen molar-refractivity contribution in [3.63, 3.8) is 0 Å². The van der Waals surface area contributed by atoms with E-state index in [1.807, 2.05) is 37.3 Å². The molecule has 2 heterocycles. The van der Waals surface area contributed by atoms with E-state index >= 15 is 0 Å². The number of rotatable bonds is 12. The number of methoxy groups -OCH3 is 1. The number of non-ortho nitro benzene ring substituents is 1. The van der Waals surface area contributed by atoms with Gasteiger partial charge in [-0.3, -0.25) is 19.7 Å². The van der Waals surface area contributed by atoms with Gasteiger partial charge in [-0.2, -0.15) is 0 Å². The smallest absolute Gasteiger partial charge is 0.336 e. The van der Waals surface area contributed by atoms with Gasteiger partial charge in [0.25, 0.3) is 5.69 Å². The zero-order chi connectivity index (χ0) is 31.9. The molecule has 234 valence electrons. The van der Waals surface area contributed by atoms with E-state index in [2.05, 4.69) is 10.2 Å². The first kappa shape index (κ1) is 32.4. The molecule has 1 atom stereocenters. The number of nitrogens with zero attached hydrogens (tertiary/aromatic N) is 3. The van der Waals surface area contributed by atoms with Crippen molar-refractivity contribution >= 4 is 24.0 Å². The first-order chi connectivity index (χ1) is 21.2. The Kier molecular flexibility index (Phi) is 10.5. The molecule has 11 nitrogen and oxygen atoms in total. The third-order valence-electron chi connectivity index (χ3n) is 8.58. The Labute approximate surface area is 257 Å². The number of nitro groups is 1. The fraction of sp³-hybridized carbons (Fsp3) is 0.424. The van der Waals surface area contributed by atoms with Crippen molar-refractivity contribution in [3.05, 3.63) is 98.5 Å². The van der Waals surface area contributed by atoms with Gasteiger partial charge in [-0.05, 0) is 70.8 Å². The first-order valence-electron chi connectivity index (χ1n) is 14.8. The van der Waals surface area contributed by atoms with E-state index in [1.165, 1.54) is 19.2 Å². The molecule has 1 unspecified atom stereocenters. The minimum absolute atomic E-state index is 0.0689. The molecule has 0 aromatic heterocycles. The van der Waals surface area contributed by atoms with Gasteiger partial charge in [-0.25, -0.2) is 4.79 Å². The second-order valence-corrected chi connectivity index (χ2v) is 11.1. The van der Waals surface area contributed by atoms with Crippen LogP contribution in [-0.2, 0) is 29.3 Å². The van der Waals surface area contributed by atoms with E-state index in [9.17, 15) is 24.5 Å². The Morgan fingerprint density at radius 2 is 1.75 bits per heavy atom. The van der Waals surface area contributed by atoms with E-state index in [1.54, 1.807) is 30.9 Å². The molecule has 0 saturated carbocycles. The summed E-state index contributed by atoms with van der Waals surface area (Å²) in [5.74, 6) is -1.40. The number of allylic oxidation sites excluding steroid dienone is 3. The summed E-state index contributed by atoms with van der Waals surface area (Å²) in [7, 11) is 1.43. The average molecular weight is 605 g/mol. The van der Waals surface area contributed by atoms with Crippen LogP contribution in [0.3, 0.4) is 0 Å². The van der Waals surface area contributed by atoms with E-state index in [4.69, 9.17) is 9.47 Å². The number of esters is 2. The summed E-state index contributed by atoms with van der Waals surface area (Å²) in [6.07, 6.45) is 2.67. The quantitative estimate of drug-likeness (QED) is 0.162. The highest BCUT2D eigenvalue weighted by Gasteiger charge is 2.44. The van der Waals surface area contributed by atoms with Gasteiger partial charge in [-0.1, -0.05) is 42.5 Å². The fourth-order valence-electron chi connectivity index (χ4n) is 6.37. The van der Waals surface area contributed by atoms with Gasteiger partial charge in [0.2, 0.25) is 6.41 Å². The largest absolute Gasteiger partial charge is 0.468 e. The Bertz CT molecular complexity index is 1430. The van der Waals surface area contributed by atoms with Crippen LogP contribution in [0.25, 0.3) is 0 Å². The summed E-state index contributed by atoms with van der Waals surface area (Å²) in [4.78, 5) is 53.4. The van der Waals surface area contributed by atoms with Crippen LogP contribution in [0.1, 0.15) is 57.1 Å². The van der Waals surface area contributed by atoms with Crippen molar-refractivity contribution in [1.82, 2.24) is 15.1 Å². The molecule has 1 fully saturated rings. The summed E-state index contributed by atoms with van der Waals surface area (Å²) in [5.41, 5.74) is 3.10. The number of dihydropyridines is 1. The number of amides is 1. The van der Waals surface area contributed by atoms with E-state index < -0.39 is 22.2 Å². The number of likely N-dealkylation sites (tertiary alicyclic amines) is 1. The Balaban J connectivity index is 1.51. The topological polar surface area (TPSA) is 131 Å². The monoisotopic (exact) mass is 604 g/mol. The summed E-state index contributed by atoms with van der Waals surface area (Å²) >= 11 is 0. The molecule has 2 aromatic rings. The van der Waals surface area contributed by atoms with Gasteiger partial charge >= 0.3 is 11.9 Å². The van der Waals surface area contributed by atoms with Crippen LogP contribution in [-0.4, -0.2) is 73.0 Å². The van der Waals surface area contributed by atoms with Crippen molar-refractivity contribution in [2.75, 3.05) is 39.9 Å². The van der Waals surface area contributed by atoms with Crippen molar-refractivity contribution in [2.45, 2.75) is 51.4 Å². The van der Waals surface area contributed by atoms with Gasteiger partial charge in [0.1, 0.15) is 0 Å². The number of ether oxygens (including phenoxy) is 2. The molecular formula is C33H40N4O7. The molecule has 2 aromatic carbocycles. The highest BCUT2D eigenvalue weighted by atomic mass is 16.6. The zero-order valence-corrected chi connectivity index (χ0v) is 25.7. The summed E-state index contributed by atoms with van der Waals surface area (Å²) in [5, 5.41) is 14.5. The number of carbonyl (C=O) groups is 3.